The van der Waals surface area contributed by atoms with Crippen molar-refractivity contribution in [3.8, 4) is 11.6 Å². The molecule has 0 saturated carbocycles. The van der Waals surface area contributed by atoms with Gasteiger partial charge >= 0.3 is 0 Å². The van der Waals surface area contributed by atoms with Crippen LogP contribution in [0.5, 0.6) is 0 Å². The van der Waals surface area contributed by atoms with E-state index in [1.165, 1.54) is 18.2 Å². The highest BCUT2D eigenvalue weighted by atomic mass is 32.2. The number of furan rings is 1. The largest absolute Gasteiger partial charge is 0.461 e. The predicted octanol–water partition coefficient (Wildman–Crippen LogP) is 3.69. The highest BCUT2D eigenvalue weighted by molar-refractivity contribution is 7.99. The molecule has 0 N–H and O–H groups in total. The first-order valence-electron chi connectivity index (χ1n) is 9.23. The van der Waals surface area contributed by atoms with Crippen LogP contribution in [-0.2, 0) is 11.3 Å². The Morgan fingerprint density at radius 2 is 1.85 bits per heavy atom. The Morgan fingerprint density at radius 3 is 2.59 bits per heavy atom. The van der Waals surface area contributed by atoms with Crippen LogP contribution >= 0.6 is 11.8 Å². The lowest BCUT2D eigenvalue weighted by atomic mass is 10.1. The smallest absolute Gasteiger partial charge is 0.233 e. The maximum absolute atomic E-state index is 12.5. The normalized spacial score (nSPS) is 14.4. The molecule has 4 rings (SSSR count). The van der Waals surface area contributed by atoms with Gasteiger partial charge in [-0.15, -0.1) is 10.2 Å². The molecule has 3 aromatic rings. The molecule has 27 heavy (non-hydrogen) atoms. The van der Waals surface area contributed by atoms with Crippen molar-refractivity contribution in [2.75, 3.05) is 18.8 Å². The number of likely N-dealkylation sites (tertiary alicyclic amines) is 1. The summed E-state index contributed by atoms with van der Waals surface area (Å²) >= 11 is 1.44. The van der Waals surface area contributed by atoms with Crippen molar-refractivity contribution in [1.29, 1.82) is 0 Å². The van der Waals surface area contributed by atoms with Crippen LogP contribution in [0.15, 0.2) is 58.3 Å². The zero-order chi connectivity index (χ0) is 18.5. The summed E-state index contributed by atoms with van der Waals surface area (Å²) in [4.78, 5) is 14.5. The zero-order valence-electron chi connectivity index (χ0n) is 15.1. The molecule has 0 aliphatic carbocycles. The average molecular weight is 382 g/mol. The second kappa shape index (κ2) is 8.43. The number of amides is 1. The number of piperidine rings is 1. The molecule has 0 unspecified atom stereocenters. The molecule has 1 fully saturated rings. The fraction of sp³-hybridized carbons (Fsp3) is 0.350. The number of aromatic nitrogens is 3. The standard InChI is InChI=1S/C20H22N4O2S/c25-18(23-11-5-2-6-12-23)15-27-20-22-21-19(17-10-7-13-26-17)24(20)14-16-8-3-1-4-9-16/h1,3-4,7-10,13H,2,5-6,11-12,14-15H2. The number of carbonyl (C=O) groups is 1. The molecular formula is C20H22N4O2S. The lowest BCUT2D eigenvalue weighted by Gasteiger charge is -2.26. The summed E-state index contributed by atoms with van der Waals surface area (Å²) in [5.41, 5.74) is 1.15. The molecule has 1 aromatic carbocycles. The number of carbonyl (C=O) groups excluding carboxylic acids is 1. The van der Waals surface area contributed by atoms with Gasteiger partial charge in [0.05, 0.1) is 18.6 Å². The Hall–Kier alpha value is -2.54. The van der Waals surface area contributed by atoms with Crippen LogP contribution in [0.3, 0.4) is 0 Å². The molecule has 1 aliphatic heterocycles. The molecular weight excluding hydrogens is 360 g/mol. The first kappa shape index (κ1) is 17.9. The van der Waals surface area contributed by atoms with E-state index < -0.39 is 0 Å². The summed E-state index contributed by atoms with van der Waals surface area (Å²) in [6.07, 6.45) is 5.05. The number of rotatable bonds is 6. The lowest BCUT2D eigenvalue weighted by Crippen LogP contribution is -2.36. The van der Waals surface area contributed by atoms with Gasteiger partial charge in [0, 0.05) is 13.1 Å². The molecule has 140 valence electrons. The first-order chi connectivity index (χ1) is 13.3. The summed E-state index contributed by atoms with van der Waals surface area (Å²) in [6.45, 7) is 2.37. The third-order valence-corrected chi connectivity index (χ3v) is 5.63. The van der Waals surface area contributed by atoms with Crippen molar-refractivity contribution in [1.82, 2.24) is 19.7 Å². The van der Waals surface area contributed by atoms with Gasteiger partial charge in [0.1, 0.15) is 0 Å². The van der Waals surface area contributed by atoms with E-state index in [-0.39, 0.29) is 5.91 Å². The highest BCUT2D eigenvalue weighted by Gasteiger charge is 2.20. The number of hydrogen-bond donors (Lipinski definition) is 0. The van der Waals surface area contributed by atoms with E-state index in [2.05, 4.69) is 22.3 Å². The van der Waals surface area contributed by atoms with Gasteiger partial charge in [-0.25, -0.2) is 0 Å². The summed E-state index contributed by atoms with van der Waals surface area (Å²) in [5.74, 6) is 1.91. The Labute approximate surface area is 162 Å². The number of hydrogen-bond acceptors (Lipinski definition) is 5. The third kappa shape index (κ3) is 4.24. The van der Waals surface area contributed by atoms with Crippen molar-refractivity contribution in [3.05, 3.63) is 54.3 Å². The van der Waals surface area contributed by atoms with Gasteiger partial charge in [-0.1, -0.05) is 42.1 Å². The zero-order valence-corrected chi connectivity index (χ0v) is 15.9. The molecule has 2 aromatic heterocycles. The molecule has 0 spiro atoms. The molecule has 7 heteroatoms. The monoisotopic (exact) mass is 382 g/mol. The molecule has 0 radical (unpaired) electrons. The lowest BCUT2D eigenvalue weighted by molar-refractivity contribution is -0.129. The van der Waals surface area contributed by atoms with Crippen molar-refractivity contribution in [2.45, 2.75) is 31.0 Å². The minimum absolute atomic E-state index is 0.175. The van der Waals surface area contributed by atoms with E-state index in [0.717, 1.165) is 36.7 Å². The Balaban J connectivity index is 1.53. The van der Waals surface area contributed by atoms with Crippen LogP contribution < -0.4 is 0 Å². The summed E-state index contributed by atoms with van der Waals surface area (Å²) < 4.78 is 7.54. The topological polar surface area (TPSA) is 64.2 Å². The minimum atomic E-state index is 0.175. The SMILES string of the molecule is O=C(CSc1nnc(-c2ccco2)n1Cc1ccccc1)N1CCCCC1. The Morgan fingerprint density at radius 1 is 1.04 bits per heavy atom. The van der Waals surface area contributed by atoms with E-state index in [1.54, 1.807) is 6.26 Å². The Bertz CT molecular complexity index is 871. The van der Waals surface area contributed by atoms with Crippen molar-refractivity contribution in [2.24, 2.45) is 0 Å². The van der Waals surface area contributed by atoms with Crippen LogP contribution in [0.25, 0.3) is 11.6 Å². The predicted molar refractivity (Wildman–Crippen MR) is 104 cm³/mol. The van der Waals surface area contributed by atoms with E-state index in [1.807, 2.05) is 39.8 Å². The Kier molecular flexibility index (Phi) is 5.58. The van der Waals surface area contributed by atoms with Crippen molar-refractivity contribution < 1.29 is 9.21 Å². The fourth-order valence-corrected chi connectivity index (χ4v) is 4.09. The summed E-state index contributed by atoms with van der Waals surface area (Å²) in [7, 11) is 0. The average Bonchev–Trinajstić information content (AvgIpc) is 3.38. The van der Waals surface area contributed by atoms with Crippen LogP contribution in [0.4, 0.5) is 0 Å². The number of benzene rings is 1. The van der Waals surface area contributed by atoms with Gasteiger partial charge < -0.3 is 9.32 Å². The number of thioether (sulfide) groups is 1. The maximum Gasteiger partial charge on any atom is 0.233 e. The molecule has 1 aliphatic rings. The number of nitrogens with zero attached hydrogens (tertiary/aromatic N) is 4. The molecule has 3 heterocycles. The fourth-order valence-electron chi connectivity index (χ4n) is 3.25. The van der Waals surface area contributed by atoms with Crippen molar-refractivity contribution >= 4 is 17.7 Å². The third-order valence-electron chi connectivity index (χ3n) is 4.68. The summed E-state index contributed by atoms with van der Waals surface area (Å²) in [6, 6.07) is 13.9. The van der Waals surface area contributed by atoms with E-state index in [0.29, 0.717) is 23.9 Å². The first-order valence-corrected chi connectivity index (χ1v) is 10.2. The van der Waals surface area contributed by atoms with Gasteiger partial charge in [-0.05, 0) is 37.0 Å². The van der Waals surface area contributed by atoms with Gasteiger partial charge in [0.2, 0.25) is 11.7 Å². The van der Waals surface area contributed by atoms with Gasteiger partial charge in [-0.2, -0.15) is 0 Å². The van der Waals surface area contributed by atoms with Crippen LogP contribution in [0, 0.1) is 0 Å². The molecule has 1 saturated heterocycles. The van der Waals surface area contributed by atoms with E-state index in [9.17, 15) is 4.79 Å². The van der Waals surface area contributed by atoms with Crippen LogP contribution in [0.2, 0.25) is 0 Å². The molecule has 0 atom stereocenters. The second-order valence-electron chi connectivity index (χ2n) is 6.59. The van der Waals surface area contributed by atoms with Crippen LogP contribution in [0.1, 0.15) is 24.8 Å². The van der Waals surface area contributed by atoms with Gasteiger partial charge in [0.25, 0.3) is 0 Å². The van der Waals surface area contributed by atoms with Gasteiger partial charge in [0.15, 0.2) is 10.9 Å². The van der Waals surface area contributed by atoms with E-state index in [4.69, 9.17) is 4.42 Å². The minimum Gasteiger partial charge on any atom is -0.461 e. The molecule has 0 bridgehead atoms. The molecule has 6 nitrogen and oxygen atoms in total. The quantitative estimate of drug-likeness (QED) is 0.609. The summed E-state index contributed by atoms with van der Waals surface area (Å²) in [5, 5.41) is 9.38. The van der Waals surface area contributed by atoms with Crippen molar-refractivity contribution in [3.63, 3.8) is 0 Å². The van der Waals surface area contributed by atoms with Crippen LogP contribution in [-0.4, -0.2) is 44.4 Å². The second-order valence-corrected chi connectivity index (χ2v) is 7.53. The van der Waals surface area contributed by atoms with E-state index >= 15 is 0 Å². The maximum atomic E-state index is 12.5. The van der Waals surface area contributed by atoms with Gasteiger partial charge in [-0.3, -0.25) is 9.36 Å². The molecule has 1 amide bonds. The highest BCUT2D eigenvalue weighted by Crippen LogP contribution is 2.26.